The van der Waals surface area contributed by atoms with Gasteiger partial charge < -0.3 is 15.0 Å². The van der Waals surface area contributed by atoms with Crippen molar-refractivity contribution in [2.45, 2.75) is 25.9 Å². The summed E-state index contributed by atoms with van der Waals surface area (Å²) in [5.41, 5.74) is 3.13. The van der Waals surface area contributed by atoms with Crippen LogP contribution in [0.25, 0.3) is 0 Å². The molecule has 2 aromatic carbocycles. The molecule has 2 fully saturated rings. The minimum atomic E-state index is -0.0182. The molecule has 32 heavy (non-hydrogen) atoms. The van der Waals surface area contributed by atoms with Gasteiger partial charge in [-0.3, -0.25) is 14.6 Å². The lowest BCUT2D eigenvalue weighted by Gasteiger charge is -2.38. The summed E-state index contributed by atoms with van der Waals surface area (Å²) >= 11 is 0. The molecule has 6 heteroatoms. The van der Waals surface area contributed by atoms with Crippen molar-refractivity contribution < 1.29 is 9.53 Å². The van der Waals surface area contributed by atoms with E-state index in [2.05, 4.69) is 70.3 Å². The van der Waals surface area contributed by atoms with Gasteiger partial charge in [0, 0.05) is 63.1 Å². The Morgan fingerprint density at radius 2 is 1.53 bits per heavy atom. The Labute approximate surface area is 192 Å². The Morgan fingerprint density at radius 3 is 2.16 bits per heavy atom. The molecule has 0 radical (unpaired) electrons. The molecule has 0 bridgehead atoms. The number of carbonyl (C=O) groups is 1. The fourth-order valence-corrected chi connectivity index (χ4v) is 4.63. The van der Waals surface area contributed by atoms with Crippen LogP contribution in [0.5, 0.6) is 0 Å². The quantitative estimate of drug-likeness (QED) is 0.723. The van der Waals surface area contributed by atoms with Gasteiger partial charge in [0.15, 0.2) is 0 Å². The van der Waals surface area contributed by atoms with Crippen LogP contribution in [0.3, 0.4) is 0 Å². The van der Waals surface area contributed by atoms with Crippen molar-refractivity contribution in [3.63, 3.8) is 0 Å². The maximum atomic E-state index is 12.9. The van der Waals surface area contributed by atoms with E-state index in [4.69, 9.17) is 4.74 Å². The molecule has 2 heterocycles. The van der Waals surface area contributed by atoms with Crippen LogP contribution in [-0.2, 0) is 4.74 Å². The summed E-state index contributed by atoms with van der Waals surface area (Å²) < 4.78 is 5.52. The van der Waals surface area contributed by atoms with Crippen LogP contribution in [-0.4, -0.2) is 80.8 Å². The van der Waals surface area contributed by atoms with Crippen molar-refractivity contribution in [1.82, 2.24) is 15.1 Å². The molecular formula is C26H36N4O2. The van der Waals surface area contributed by atoms with Crippen molar-refractivity contribution in [2.75, 3.05) is 63.9 Å². The second-order valence-electron chi connectivity index (χ2n) is 8.95. The van der Waals surface area contributed by atoms with E-state index in [0.29, 0.717) is 18.2 Å². The van der Waals surface area contributed by atoms with E-state index < -0.39 is 0 Å². The molecule has 1 unspecified atom stereocenters. The molecule has 4 rings (SSSR count). The largest absolute Gasteiger partial charge is 0.379 e. The minimum Gasteiger partial charge on any atom is -0.379 e. The monoisotopic (exact) mass is 436 g/mol. The molecule has 0 spiro atoms. The summed E-state index contributed by atoms with van der Waals surface area (Å²) in [6.45, 7) is 12.6. The van der Waals surface area contributed by atoms with Crippen molar-refractivity contribution in [1.29, 1.82) is 0 Å². The van der Waals surface area contributed by atoms with E-state index in [9.17, 15) is 4.79 Å². The van der Waals surface area contributed by atoms with Crippen LogP contribution in [0.15, 0.2) is 54.6 Å². The summed E-state index contributed by atoms with van der Waals surface area (Å²) in [4.78, 5) is 20.2. The Kier molecular flexibility index (Phi) is 7.79. The predicted octanol–water partition coefficient (Wildman–Crippen LogP) is 3.02. The summed E-state index contributed by atoms with van der Waals surface area (Å²) in [6, 6.07) is 19.2. The number of morpholine rings is 1. The number of rotatable bonds is 7. The number of amides is 1. The molecule has 0 saturated carbocycles. The number of benzene rings is 2. The molecule has 1 atom stereocenters. The van der Waals surface area contributed by atoms with Crippen molar-refractivity contribution in [3.8, 4) is 0 Å². The predicted molar refractivity (Wildman–Crippen MR) is 129 cm³/mol. The highest BCUT2D eigenvalue weighted by atomic mass is 16.5. The van der Waals surface area contributed by atoms with Gasteiger partial charge in [0.05, 0.1) is 19.3 Å². The van der Waals surface area contributed by atoms with Crippen LogP contribution in [0.1, 0.15) is 35.8 Å². The van der Waals surface area contributed by atoms with Crippen LogP contribution < -0.4 is 10.2 Å². The SMILES string of the molecule is CC(C)N1CCN(c2ccc(C(=O)NCC(c3ccccc3)N3CCOCC3)cc2)CC1. The summed E-state index contributed by atoms with van der Waals surface area (Å²) in [5.74, 6) is -0.0182. The number of nitrogens with one attached hydrogen (secondary N) is 1. The molecule has 2 aromatic rings. The van der Waals surface area contributed by atoms with Gasteiger partial charge >= 0.3 is 0 Å². The highest BCUT2D eigenvalue weighted by Crippen LogP contribution is 2.22. The van der Waals surface area contributed by atoms with Gasteiger partial charge in [-0.05, 0) is 43.7 Å². The highest BCUT2D eigenvalue weighted by Gasteiger charge is 2.23. The minimum absolute atomic E-state index is 0.0182. The first-order valence-electron chi connectivity index (χ1n) is 11.9. The Morgan fingerprint density at radius 1 is 0.875 bits per heavy atom. The summed E-state index contributed by atoms with van der Waals surface area (Å²) in [7, 11) is 0. The molecule has 2 aliphatic rings. The fourth-order valence-electron chi connectivity index (χ4n) is 4.63. The zero-order valence-corrected chi connectivity index (χ0v) is 19.4. The Hall–Kier alpha value is -2.41. The molecular weight excluding hydrogens is 400 g/mol. The van der Waals surface area contributed by atoms with Gasteiger partial charge in [-0.1, -0.05) is 30.3 Å². The third-order valence-electron chi connectivity index (χ3n) is 6.67. The van der Waals surface area contributed by atoms with Crippen LogP contribution >= 0.6 is 0 Å². The van der Waals surface area contributed by atoms with E-state index in [1.807, 2.05) is 18.2 Å². The molecule has 2 aliphatic heterocycles. The second-order valence-corrected chi connectivity index (χ2v) is 8.95. The standard InChI is InChI=1S/C26H36N4O2/c1-21(2)28-12-14-29(15-13-28)24-10-8-23(9-11-24)26(31)27-20-25(22-6-4-3-5-7-22)30-16-18-32-19-17-30/h3-11,21,25H,12-20H2,1-2H3,(H,27,31). The normalized spacial score (nSPS) is 19.2. The van der Waals surface area contributed by atoms with Crippen LogP contribution in [0.4, 0.5) is 5.69 Å². The molecule has 172 valence electrons. The zero-order chi connectivity index (χ0) is 22.3. The molecule has 6 nitrogen and oxygen atoms in total. The van der Waals surface area contributed by atoms with Crippen molar-refractivity contribution in [2.24, 2.45) is 0 Å². The first-order valence-corrected chi connectivity index (χ1v) is 11.9. The summed E-state index contributed by atoms with van der Waals surface area (Å²) in [6.07, 6.45) is 0. The van der Waals surface area contributed by atoms with Gasteiger partial charge in [-0.2, -0.15) is 0 Å². The maximum Gasteiger partial charge on any atom is 0.251 e. The Balaban J connectivity index is 1.35. The molecule has 0 aromatic heterocycles. The third-order valence-corrected chi connectivity index (χ3v) is 6.67. The van der Waals surface area contributed by atoms with E-state index in [1.165, 1.54) is 11.3 Å². The van der Waals surface area contributed by atoms with Crippen molar-refractivity contribution in [3.05, 3.63) is 65.7 Å². The molecule has 2 saturated heterocycles. The van der Waals surface area contributed by atoms with Crippen LogP contribution in [0.2, 0.25) is 0 Å². The smallest absolute Gasteiger partial charge is 0.251 e. The first kappa shape index (κ1) is 22.8. The zero-order valence-electron chi connectivity index (χ0n) is 19.4. The van der Waals surface area contributed by atoms with E-state index in [0.717, 1.165) is 52.5 Å². The number of nitrogens with zero attached hydrogens (tertiary/aromatic N) is 3. The van der Waals surface area contributed by atoms with E-state index in [-0.39, 0.29) is 11.9 Å². The molecule has 1 amide bonds. The van der Waals surface area contributed by atoms with Gasteiger partial charge in [-0.15, -0.1) is 0 Å². The van der Waals surface area contributed by atoms with Gasteiger partial charge in [-0.25, -0.2) is 0 Å². The topological polar surface area (TPSA) is 48.0 Å². The molecule has 0 aliphatic carbocycles. The number of piperazine rings is 1. The maximum absolute atomic E-state index is 12.9. The van der Waals surface area contributed by atoms with Gasteiger partial charge in [0.1, 0.15) is 0 Å². The average molecular weight is 437 g/mol. The number of hydrogen-bond acceptors (Lipinski definition) is 5. The Bertz CT molecular complexity index is 842. The average Bonchev–Trinajstić information content (AvgIpc) is 2.85. The van der Waals surface area contributed by atoms with Crippen molar-refractivity contribution >= 4 is 11.6 Å². The number of anilines is 1. The second kappa shape index (κ2) is 10.9. The van der Waals surface area contributed by atoms with Gasteiger partial charge in [0.2, 0.25) is 0 Å². The fraction of sp³-hybridized carbons (Fsp3) is 0.500. The summed E-state index contributed by atoms with van der Waals surface area (Å²) in [5, 5.41) is 3.17. The lowest BCUT2D eigenvalue weighted by molar-refractivity contribution is 0.0162. The highest BCUT2D eigenvalue weighted by molar-refractivity contribution is 5.94. The number of ether oxygens (including phenoxy) is 1. The third kappa shape index (κ3) is 5.68. The number of hydrogen-bond donors (Lipinski definition) is 1. The lowest BCUT2D eigenvalue weighted by Crippen LogP contribution is -2.48. The van der Waals surface area contributed by atoms with Gasteiger partial charge in [0.25, 0.3) is 5.91 Å². The van der Waals surface area contributed by atoms with E-state index in [1.54, 1.807) is 0 Å². The first-order chi connectivity index (χ1) is 15.6. The van der Waals surface area contributed by atoms with Crippen LogP contribution in [0, 0.1) is 0 Å². The lowest BCUT2D eigenvalue weighted by atomic mass is 10.0. The van der Waals surface area contributed by atoms with E-state index >= 15 is 0 Å². The number of carbonyl (C=O) groups excluding carboxylic acids is 1. The molecule has 1 N–H and O–H groups in total.